The highest BCUT2D eigenvalue weighted by molar-refractivity contribution is 6.06. The van der Waals surface area contributed by atoms with Gasteiger partial charge >= 0.3 is 0 Å². The molecular formula is C26H26F2N6O. The van der Waals surface area contributed by atoms with Crippen LogP contribution in [0.3, 0.4) is 0 Å². The van der Waals surface area contributed by atoms with Gasteiger partial charge in [-0.3, -0.25) is 4.79 Å². The van der Waals surface area contributed by atoms with Crippen molar-refractivity contribution in [2.75, 3.05) is 49.3 Å². The lowest BCUT2D eigenvalue weighted by Crippen LogP contribution is -2.44. The molecule has 35 heavy (non-hydrogen) atoms. The molecule has 4 aromatic rings. The van der Waals surface area contributed by atoms with Gasteiger partial charge in [-0.1, -0.05) is 12.1 Å². The molecule has 0 unspecified atom stereocenters. The van der Waals surface area contributed by atoms with E-state index in [4.69, 9.17) is 5.73 Å². The molecule has 0 radical (unpaired) electrons. The van der Waals surface area contributed by atoms with Crippen LogP contribution in [-0.4, -0.2) is 53.9 Å². The molecule has 0 bridgehead atoms. The average molecular weight is 477 g/mol. The van der Waals surface area contributed by atoms with Gasteiger partial charge in [0.2, 0.25) is 0 Å². The van der Waals surface area contributed by atoms with Crippen LogP contribution in [0.5, 0.6) is 0 Å². The molecule has 1 aromatic heterocycles. The van der Waals surface area contributed by atoms with E-state index in [9.17, 15) is 13.6 Å². The van der Waals surface area contributed by atoms with Gasteiger partial charge in [0.05, 0.1) is 28.7 Å². The summed E-state index contributed by atoms with van der Waals surface area (Å²) in [6.07, 6.45) is 2.01. The molecule has 0 spiro atoms. The Bertz CT molecular complexity index is 1370. The number of rotatable bonds is 5. The predicted octanol–water partition coefficient (Wildman–Crippen LogP) is 3.62. The highest BCUT2D eigenvalue weighted by Gasteiger charge is 2.20. The number of fused-ring (bicyclic) bond motifs is 1. The summed E-state index contributed by atoms with van der Waals surface area (Å²) < 4.78 is 27.0. The van der Waals surface area contributed by atoms with Crippen LogP contribution < -0.4 is 16.1 Å². The largest absolute Gasteiger partial charge is 0.396 e. The van der Waals surface area contributed by atoms with Crippen molar-refractivity contribution in [1.82, 2.24) is 14.8 Å². The molecule has 3 aromatic carbocycles. The highest BCUT2D eigenvalue weighted by Crippen LogP contribution is 2.28. The maximum Gasteiger partial charge on any atom is 0.273 e. The third-order valence-corrected chi connectivity index (χ3v) is 6.34. The van der Waals surface area contributed by atoms with Crippen molar-refractivity contribution in [1.29, 1.82) is 0 Å². The van der Waals surface area contributed by atoms with Crippen molar-refractivity contribution >= 4 is 28.2 Å². The molecule has 1 aliphatic heterocycles. The Morgan fingerprint density at radius 2 is 1.74 bits per heavy atom. The number of piperazine rings is 1. The van der Waals surface area contributed by atoms with Gasteiger partial charge in [0.15, 0.2) is 0 Å². The Labute approximate surface area is 201 Å². The number of nitrogens with one attached hydrogen (secondary N) is 1. The fourth-order valence-corrected chi connectivity index (χ4v) is 4.46. The Kier molecular flexibility index (Phi) is 6.08. The lowest BCUT2D eigenvalue weighted by atomic mass is 10.0. The van der Waals surface area contributed by atoms with Crippen molar-refractivity contribution in [2.24, 2.45) is 0 Å². The van der Waals surface area contributed by atoms with E-state index in [1.807, 2.05) is 30.3 Å². The number of aromatic nitrogens is 2. The van der Waals surface area contributed by atoms with Crippen molar-refractivity contribution in [3.05, 3.63) is 89.1 Å². The summed E-state index contributed by atoms with van der Waals surface area (Å²) in [6.45, 7) is 3.57. The van der Waals surface area contributed by atoms with Crippen LogP contribution >= 0.6 is 0 Å². The number of hydrogen-bond donors (Lipinski definition) is 2. The smallest absolute Gasteiger partial charge is 0.273 e. The molecule has 3 N–H and O–H groups in total. The number of nitrogens with two attached hydrogens (primary N) is 1. The SMILES string of the molecule is CN1CCN(c2cccc(C(=O)Nn3ncc4cc(Cc5cc(F)cc(F)c5)ccc43)c2N)CC1. The molecule has 0 atom stereocenters. The first-order chi connectivity index (χ1) is 16.9. The topological polar surface area (TPSA) is 79.4 Å². The number of benzene rings is 3. The van der Waals surface area contributed by atoms with Crippen LogP contribution in [0.4, 0.5) is 20.2 Å². The number of amides is 1. The molecule has 9 heteroatoms. The van der Waals surface area contributed by atoms with E-state index in [0.717, 1.165) is 48.9 Å². The first kappa shape index (κ1) is 22.8. The minimum Gasteiger partial charge on any atom is -0.396 e. The summed E-state index contributed by atoms with van der Waals surface area (Å²) in [4.78, 5) is 18.9. The first-order valence-electron chi connectivity index (χ1n) is 11.4. The summed E-state index contributed by atoms with van der Waals surface area (Å²) in [5.41, 5.74) is 13.0. The van der Waals surface area contributed by atoms with Gasteiger partial charge in [-0.2, -0.15) is 9.89 Å². The van der Waals surface area contributed by atoms with Crippen molar-refractivity contribution in [3.8, 4) is 0 Å². The molecule has 7 nitrogen and oxygen atoms in total. The Morgan fingerprint density at radius 1 is 1.00 bits per heavy atom. The van der Waals surface area contributed by atoms with Crippen LogP contribution in [0.1, 0.15) is 21.5 Å². The molecule has 1 aliphatic rings. The Hall–Kier alpha value is -3.98. The van der Waals surface area contributed by atoms with E-state index in [1.54, 1.807) is 12.3 Å². The molecule has 2 heterocycles. The first-order valence-corrected chi connectivity index (χ1v) is 11.4. The zero-order chi connectivity index (χ0) is 24.5. The van der Waals surface area contributed by atoms with E-state index >= 15 is 0 Å². The number of halogens is 2. The minimum absolute atomic E-state index is 0.359. The van der Waals surface area contributed by atoms with Crippen molar-refractivity contribution in [3.63, 3.8) is 0 Å². The second-order valence-corrected chi connectivity index (χ2v) is 8.87. The van der Waals surface area contributed by atoms with E-state index in [0.29, 0.717) is 28.8 Å². The lowest BCUT2D eigenvalue weighted by Gasteiger charge is -2.35. The average Bonchev–Trinajstić information content (AvgIpc) is 3.21. The quantitative estimate of drug-likeness (QED) is 0.430. The van der Waals surface area contributed by atoms with Gasteiger partial charge in [0, 0.05) is 37.6 Å². The van der Waals surface area contributed by atoms with Gasteiger partial charge in [0.1, 0.15) is 11.6 Å². The third kappa shape index (κ3) is 4.81. The van der Waals surface area contributed by atoms with Crippen LogP contribution in [0.25, 0.3) is 10.9 Å². The molecule has 180 valence electrons. The standard InChI is InChI=1S/C26H26F2N6O/c1-32-7-9-33(10-8-32)24-4-2-3-22(25(24)29)26(35)31-34-23-6-5-17(12-19(23)16-30-34)11-18-13-20(27)15-21(28)14-18/h2-6,12-16H,7-11,29H2,1H3,(H,31,35). The fourth-order valence-electron chi connectivity index (χ4n) is 4.46. The van der Waals surface area contributed by atoms with E-state index in [1.165, 1.54) is 16.9 Å². The summed E-state index contributed by atoms with van der Waals surface area (Å²) in [5, 5.41) is 5.09. The van der Waals surface area contributed by atoms with Gasteiger partial charge < -0.3 is 15.5 Å². The number of carbonyl (C=O) groups excluding carboxylic acids is 1. The second kappa shape index (κ2) is 9.34. The second-order valence-electron chi connectivity index (χ2n) is 8.87. The minimum atomic E-state index is -0.604. The molecule has 1 fully saturated rings. The molecule has 0 saturated carbocycles. The van der Waals surface area contributed by atoms with Crippen LogP contribution in [0, 0.1) is 11.6 Å². The Morgan fingerprint density at radius 3 is 2.49 bits per heavy atom. The molecule has 0 aliphatic carbocycles. The number of hydrogen-bond acceptors (Lipinski definition) is 5. The summed E-state index contributed by atoms with van der Waals surface area (Å²) in [5.74, 6) is -1.57. The Balaban J connectivity index is 1.34. The van der Waals surface area contributed by atoms with Crippen LogP contribution in [0.2, 0.25) is 0 Å². The molecule has 5 rings (SSSR count). The molecular weight excluding hydrogens is 450 g/mol. The van der Waals surface area contributed by atoms with Gasteiger partial charge in [-0.25, -0.2) is 14.2 Å². The van der Waals surface area contributed by atoms with Crippen LogP contribution in [0.15, 0.2) is 60.8 Å². The number of carbonyl (C=O) groups is 1. The van der Waals surface area contributed by atoms with E-state index in [-0.39, 0.29) is 5.91 Å². The summed E-state index contributed by atoms with van der Waals surface area (Å²) in [6, 6.07) is 14.5. The van der Waals surface area contributed by atoms with Gasteiger partial charge in [-0.05, 0) is 61.0 Å². The predicted molar refractivity (Wildman–Crippen MR) is 133 cm³/mol. The van der Waals surface area contributed by atoms with Gasteiger partial charge in [-0.15, -0.1) is 0 Å². The molecule has 1 saturated heterocycles. The van der Waals surface area contributed by atoms with E-state index in [2.05, 4.69) is 27.4 Å². The van der Waals surface area contributed by atoms with Gasteiger partial charge in [0.25, 0.3) is 5.91 Å². The number of nitrogens with zero attached hydrogens (tertiary/aromatic N) is 4. The van der Waals surface area contributed by atoms with Crippen LogP contribution in [-0.2, 0) is 6.42 Å². The number of likely N-dealkylation sites (N-methyl/N-ethyl adjacent to an activating group) is 1. The molecule has 1 amide bonds. The van der Waals surface area contributed by atoms with Crippen molar-refractivity contribution in [2.45, 2.75) is 6.42 Å². The highest BCUT2D eigenvalue weighted by atomic mass is 19.1. The fraction of sp³-hybridized carbons (Fsp3) is 0.231. The van der Waals surface area contributed by atoms with Crippen molar-refractivity contribution < 1.29 is 13.6 Å². The number of para-hydroxylation sites is 1. The van der Waals surface area contributed by atoms with E-state index < -0.39 is 11.6 Å². The summed E-state index contributed by atoms with van der Waals surface area (Å²) >= 11 is 0. The normalized spacial score (nSPS) is 14.4. The maximum absolute atomic E-state index is 13.5. The number of anilines is 2. The zero-order valence-electron chi connectivity index (χ0n) is 19.3. The number of nitrogen functional groups attached to an aromatic ring is 1. The zero-order valence-corrected chi connectivity index (χ0v) is 19.3. The lowest BCUT2D eigenvalue weighted by molar-refractivity contribution is 0.101. The monoisotopic (exact) mass is 476 g/mol. The maximum atomic E-state index is 13.5. The third-order valence-electron chi connectivity index (χ3n) is 6.34. The summed E-state index contributed by atoms with van der Waals surface area (Å²) in [7, 11) is 2.09.